The first-order chi connectivity index (χ1) is 11.7. The van der Waals surface area contributed by atoms with E-state index in [0.29, 0.717) is 18.3 Å². The fraction of sp³-hybridized carbons (Fsp3) is 0.278. The van der Waals surface area contributed by atoms with E-state index in [2.05, 4.69) is 37.3 Å². The number of hydrogen-bond acceptors (Lipinski definition) is 3. The molecular weight excluding hydrogens is 388 g/mol. The molecule has 24 heavy (non-hydrogen) atoms. The molecule has 2 heterocycles. The fourth-order valence-corrected chi connectivity index (χ4v) is 4.52. The molecule has 1 aliphatic carbocycles. The van der Waals surface area contributed by atoms with Crippen molar-refractivity contribution in [3.05, 3.63) is 51.4 Å². The average molecular weight is 405 g/mol. The van der Waals surface area contributed by atoms with Crippen molar-refractivity contribution in [2.45, 2.75) is 25.4 Å². The van der Waals surface area contributed by atoms with Gasteiger partial charge in [-0.25, -0.2) is 0 Å². The molecule has 4 nitrogen and oxygen atoms in total. The van der Waals surface area contributed by atoms with E-state index < -0.39 is 0 Å². The maximum Gasteiger partial charge on any atom is 0.268 e. The van der Waals surface area contributed by atoms with Crippen LogP contribution in [0.2, 0.25) is 0 Å². The van der Waals surface area contributed by atoms with E-state index >= 15 is 0 Å². The van der Waals surface area contributed by atoms with Gasteiger partial charge in [-0.15, -0.1) is 11.3 Å². The van der Waals surface area contributed by atoms with Gasteiger partial charge in [-0.2, -0.15) is 0 Å². The number of hydrogen-bond donors (Lipinski definition) is 1. The van der Waals surface area contributed by atoms with E-state index in [1.807, 2.05) is 24.3 Å². The Morgan fingerprint density at radius 3 is 3.00 bits per heavy atom. The molecule has 1 N–H and O–H groups in total. The van der Waals surface area contributed by atoms with Crippen LogP contribution in [0.3, 0.4) is 0 Å². The van der Waals surface area contributed by atoms with Gasteiger partial charge >= 0.3 is 0 Å². The second kappa shape index (κ2) is 6.26. The predicted octanol–water partition coefficient (Wildman–Crippen LogP) is 4.41. The number of fused-ring (bicyclic) bond motifs is 1. The number of ether oxygens (including phenoxy) is 1. The number of halogens is 1. The van der Waals surface area contributed by atoms with Gasteiger partial charge < -0.3 is 14.6 Å². The zero-order chi connectivity index (χ0) is 16.7. The van der Waals surface area contributed by atoms with Crippen LogP contribution in [0.25, 0.3) is 10.2 Å². The monoisotopic (exact) mass is 404 g/mol. The lowest BCUT2D eigenvalue weighted by Crippen LogP contribution is -2.27. The highest BCUT2D eigenvalue weighted by molar-refractivity contribution is 9.10. The summed E-state index contributed by atoms with van der Waals surface area (Å²) in [5.41, 5.74) is 2.89. The Morgan fingerprint density at radius 1 is 1.42 bits per heavy atom. The van der Waals surface area contributed by atoms with Crippen molar-refractivity contribution in [1.29, 1.82) is 0 Å². The van der Waals surface area contributed by atoms with E-state index in [1.54, 1.807) is 18.4 Å². The smallest absolute Gasteiger partial charge is 0.268 e. The number of thiophene rings is 1. The number of aromatic nitrogens is 1. The molecule has 3 aromatic rings. The van der Waals surface area contributed by atoms with Gasteiger partial charge in [0.1, 0.15) is 11.4 Å². The SMILES string of the molecule is COc1cccc(Cn2c(C(=O)NC3CC3)cc3scc(Br)c32)c1. The molecule has 4 rings (SSSR count). The molecule has 124 valence electrons. The molecule has 1 aliphatic rings. The first-order valence-electron chi connectivity index (χ1n) is 7.85. The number of rotatable bonds is 5. The average Bonchev–Trinajstić information content (AvgIpc) is 3.21. The third-order valence-corrected chi connectivity index (χ3v) is 6.02. The van der Waals surface area contributed by atoms with Gasteiger partial charge in [0.15, 0.2) is 0 Å². The Hall–Kier alpha value is -1.79. The fourth-order valence-electron chi connectivity index (χ4n) is 2.82. The maximum absolute atomic E-state index is 12.6. The molecule has 1 aromatic carbocycles. The van der Waals surface area contributed by atoms with Gasteiger partial charge in [0.05, 0.1) is 21.8 Å². The van der Waals surface area contributed by atoms with Crippen molar-refractivity contribution in [2.24, 2.45) is 0 Å². The van der Waals surface area contributed by atoms with Crippen LogP contribution in [0.15, 0.2) is 40.2 Å². The van der Waals surface area contributed by atoms with Crippen LogP contribution in [-0.2, 0) is 6.54 Å². The lowest BCUT2D eigenvalue weighted by molar-refractivity contribution is 0.0942. The highest BCUT2D eigenvalue weighted by Crippen LogP contribution is 2.34. The van der Waals surface area contributed by atoms with Crippen molar-refractivity contribution >= 4 is 43.4 Å². The summed E-state index contributed by atoms with van der Waals surface area (Å²) in [7, 11) is 1.66. The molecule has 1 saturated carbocycles. The molecule has 1 amide bonds. The van der Waals surface area contributed by atoms with E-state index in [9.17, 15) is 4.79 Å². The number of benzene rings is 1. The normalized spacial score (nSPS) is 14.1. The van der Waals surface area contributed by atoms with Crippen LogP contribution >= 0.6 is 27.3 Å². The Labute approximate surface area is 152 Å². The molecule has 0 atom stereocenters. The van der Waals surface area contributed by atoms with E-state index in [-0.39, 0.29) is 5.91 Å². The van der Waals surface area contributed by atoms with Crippen LogP contribution < -0.4 is 10.1 Å². The summed E-state index contributed by atoms with van der Waals surface area (Å²) in [6.07, 6.45) is 2.17. The summed E-state index contributed by atoms with van der Waals surface area (Å²) in [5.74, 6) is 0.833. The molecule has 0 aliphatic heterocycles. The van der Waals surface area contributed by atoms with Gasteiger partial charge in [-0.3, -0.25) is 4.79 Å². The van der Waals surface area contributed by atoms with Gasteiger partial charge in [0.25, 0.3) is 5.91 Å². The van der Waals surface area contributed by atoms with Crippen LogP contribution in [0, 0.1) is 0 Å². The standard InChI is InChI=1S/C18H17BrN2O2S/c1-23-13-4-2-3-11(7-13)9-21-15(18(22)20-12-5-6-12)8-16-17(21)14(19)10-24-16/h2-4,7-8,10,12H,5-6,9H2,1H3,(H,20,22). The van der Waals surface area contributed by atoms with Crippen LogP contribution in [-0.4, -0.2) is 23.6 Å². The summed E-state index contributed by atoms with van der Waals surface area (Å²) >= 11 is 5.26. The topological polar surface area (TPSA) is 43.3 Å². The van der Waals surface area contributed by atoms with Gasteiger partial charge in [-0.1, -0.05) is 12.1 Å². The van der Waals surface area contributed by atoms with Crippen LogP contribution in [0.5, 0.6) is 5.75 Å². The second-order valence-corrected chi connectivity index (χ2v) is 7.78. The molecule has 6 heteroatoms. The van der Waals surface area contributed by atoms with Crippen molar-refractivity contribution in [2.75, 3.05) is 7.11 Å². The first-order valence-corrected chi connectivity index (χ1v) is 9.53. The number of methoxy groups -OCH3 is 1. The number of nitrogens with one attached hydrogen (secondary N) is 1. The Balaban J connectivity index is 1.75. The molecular formula is C18H17BrN2O2S. The van der Waals surface area contributed by atoms with Gasteiger partial charge in [0.2, 0.25) is 0 Å². The molecule has 0 saturated heterocycles. The minimum absolute atomic E-state index is 0.00990. The van der Waals surface area contributed by atoms with E-state index in [0.717, 1.165) is 38.8 Å². The molecule has 0 bridgehead atoms. The van der Waals surface area contributed by atoms with Crippen LogP contribution in [0.4, 0.5) is 0 Å². The summed E-state index contributed by atoms with van der Waals surface area (Å²) in [5, 5.41) is 5.16. The lowest BCUT2D eigenvalue weighted by atomic mass is 10.2. The molecule has 0 unspecified atom stereocenters. The molecule has 0 radical (unpaired) electrons. The zero-order valence-electron chi connectivity index (χ0n) is 13.2. The maximum atomic E-state index is 12.6. The largest absolute Gasteiger partial charge is 0.497 e. The third-order valence-electron chi connectivity index (χ3n) is 4.20. The van der Waals surface area contributed by atoms with Crippen molar-refractivity contribution < 1.29 is 9.53 Å². The summed E-state index contributed by atoms with van der Waals surface area (Å²) in [6.45, 7) is 0.628. The van der Waals surface area contributed by atoms with E-state index in [1.165, 1.54) is 0 Å². The summed E-state index contributed by atoms with van der Waals surface area (Å²) < 4.78 is 9.54. The minimum atomic E-state index is 0.00990. The predicted molar refractivity (Wildman–Crippen MR) is 100 cm³/mol. The quantitative estimate of drug-likeness (QED) is 0.683. The Morgan fingerprint density at radius 2 is 2.25 bits per heavy atom. The summed E-state index contributed by atoms with van der Waals surface area (Å²) in [6, 6.07) is 10.3. The highest BCUT2D eigenvalue weighted by atomic mass is 79.9. The highest BCUT2D eigenvalue weighted by Gasteiger charge is 2.26. The third kappa shape index (κ3) is 2.96. The lowest BCUT2D eigenvalue weighted by Gasteiger charge is -2.12. The van der Waals surface area contributed by atoms with Crippen molar-refractivity contribution in [1.82, 2.24) is 9.88 Å². The number of carbonyl (C=O) groups excluding carboxylic acids is 1. The molecule has 1 fully saturated rings. The molecule has 0 spiro atoms. The second-order valence-electron chi connectivity index (χ2n) is 6.01. The first kappa shape index (κ1) is 15.7. The summed E-state index contributed by atoms with van der Waals surface area (Å²) in [4.78, 5) is 12.6. The Bertz CT molecular complexity index is 911. The van der Waals surface area contributed by atoms with Crippen molar-refractivity contribution in [3.8, 4) is 5.75 Å². The Kier molecular flexibility index (Phi) is 4.10. The molecule has 2 aromatic heterocycles. The van der Waals surface area contributed by atoms with Crippen LogP contribution in [0.1, 0.15) is 28.9 Å². The number of carbonyl (C=O) groups is 1. The number of amides is 1. The van der Waals surface area contributed by atoms with Crippen molar-refractivity contribution in [3.63, 3.8) is 0 Å². The van der Waals surface area contributed by atoms with Gasteiger partial charge in [0, 0.05) is 18.0 Å². The minimum Gasteiger partial charge on any atom is -0.497 e. The van der Waals surface area contributed by atoms with E-state index in [4.69, 9.17) is 4.74 Å². The van der Waals surface area contributed by atoms with Gasteiger partial charge in [-0.05, 0) is 52.5 Å². The number of nitrogens with zero attached hydrogens (tertiary/aromatic N) is 1. The zero-order valence-corrected chi connectivity index (χ0v) is 15.6.